The van der Waals surface area contributed by atoms with Crippen molar-refractivity contribution >= 4 is 29.9 Å². The number of likely N-dealkylation sites (tertiary alicyclic amines) is 1. The molecule has 0 aromatic heterocycles. The summed E-state index contributed by atoms with van der Waals surface area (Å²) in [5.74, 6) is -0.559. The highest BCUT2D eigenvalue weighted by Crippen LogP contribution is 2.30. The minimum atomic E-state index is -0.489. The molecule has 1 aromatic carbocycles. The fraction of sp³-hybridized carbons (Fsp3) is 0.579. The normalized spacial score (nSPS) is 15.3. The van der Waals surface area contributed by atoms with Crippen LogP contribution in [0, 0.1) is 17.2 Å². The van der Waals surface area contributed by atoms with Gasteiger partial charge in [-0.3, -0.25) is 9.59 Å². The van der Waals surface area contributed by atoms with E-state index in [0.29, 0.717) is 38.2 Å². The molecule has 1 aliphatic rings. The average molecular weight is 386 g/mol. The number of halogens is 2. The van der Waals surface area contributed by atoms with Crippen LogP contribution >= 0.6 is 12.4 Å². The molecule has 1 fully saturated rings. The number of rotatable bonds is 6. The van der Waals surface area contributed by atoms with Crippen LogP contribution in [0.15, 0.2) is 24.3 Å². The van der Waals surface area contributed by atoms with Crippen molar-refractivity contribution in [3.8, 4) is 0 Å². The molecule has 7 heteroatoms. The Morgan fingerprint density at radius 3 is 2.38 bits per heavy atom. The van der Waals surface area contributed by atoms with E-state index in [9.17, 15) is 14.0 Å². The molecule has 0 atom stereocenters. The summed E-state index contributed by atoms with van der Waals surface area (Å²) in [5.41, 5.74) is 5.84. The predicted octanol–water partition coefficient (Wildman–Crippen LogP) is 3.19. The zero-order valence-corrected chi connectivity index (χ0v) is 16.3. The third-order valence-corrected chi connectivity index (χ3v) is 5.44. The lowest BCUT2D eigenvalue weighted by atomic mass is 9.80. The molecule has 2 rings (SSSR count). The second-order valence-corrected chi connectivity index (χ2v) is 6.76. The first kappa shape index (κ1) is 22.4. The summed E-state index contributed by atoms with van der Waals surface area (Å²) < 4.78 is 13.2. The van der Waals surface area contributed by atoms with Crippen molar-refractivity contribution in [2.45, 2.75) is 39.5 Å². The highest BCUT2D eigenvalue weighted by atomic mass is 35.5. The van der Waals surface area contributed by atoms with Gasteiger partial charge in [0.2, 0.25) is 11.8 Å². The molecule has 3 N–H and O–H groups in total. The van der Waals surface area contributed by atoms with Gasteiger partial charge in [0.05, 0.1) is 5.41 Å². The highest BCUT2D eigenvalue weighted by molar-refractivity contribution is 5.92. The molecule has 1 saturated heterocycles. The van der Waals surface area contributed by atoms with E-state index in [-0.39, 0.29) is 36.0 Å². The molecule has 1 aromatic rings. The first-order chi connectivity index (χ1) is 12.0. The Labute approximate surface area is 160 Å². The summed E-state index contributed by atoms with van der Waals surface area (Å²) in [6, 6.07) is 5.87. The molecule has 0 spiro atoms. The number of nitrogens with zero attached hydrogens (tertiary/aromatic N) is 1. The maximum Gasteiger partial charge on any atom is 0.230 e. The topological polar surface area (TPSA) is 75.4 Å². The number of hydrogen-bond acceptors (Lipinski definition) is 3. The van der Waals surface area contributed by atoms with Crippen molar-refractivity contribution in [2.24, 2.45) is 17.1 Å². The summed E-state index contributed by atoms with van der Waals surface area (Å²) in [6.45, 7) is 5.45. The Morgan fingerprint density at radius 1 is 1.27 bits per heavy atom. The Balaban J connectivity index is 0.00000338. The van der Waals surface area contributed by atoms with Crippen molar-refractivity contribution < 1.29 is 14.0 Å². The highest BCUT2D eigenvalue weighted by Gasteiger charge is 2.38. The van der Waals surface area contributed by atoms with Gasteiger partial charge >= 0.3 is 0 Å². The summed E-state index contributed by atoms with van der Waals surface area (Å²) in [7, 11) is 0. The second-order valence-electron chi connectivity index (χ2n) is 6.76. The molecule has 1 heterocycles. The minimum absolute atomic E-state index is 0. The second kappa shape index (κ2) is 9.88. The Hall–Kier alpha value is -1.66. The van der Waals surface area contributed by atoms with Crippen LogP contribution < -0.4 is 11.1 Å². The lowest BCUT2D eigenvalue weighted by Gasteiger charge is -2.38. The van der Waals surface area contributed by atoms with Gasteiger partial charge in [-0.1, -0.05) is 19.9 Å². The van der Waals surface area contributed by atoms with Crippen LogP contribution in [0.3, 0.4) is 0 Å². The van der Waals surface area contributed by atoms with Crippen LogP contribution in [0.2, 0.25) is 0 Å². The van der Waals surface area contributed by atoms with E-state index in [1.54, 1.807) is 12.1 Å². The van der Waals surface area contributed by atoms with Crippen LogP contribution in [-0.4, -0.2) is 36.3 Å². The number of piperidine rings is 1. The lowest BCUT2D eigenvalue weighted by molar-refractivity contribution is -0.144. The summed E-state index contributed by atoms with van der Waals surface area (Å²) >= 11 is 0. The summed E-state index contributed by atoms with van der Waals surface area (Å²) in [5, 5.41) is 2.76. The molecular weight excluding hydrogens is 357 g/mol. The average Bonchev–Trinajstić information content (AvgIpc) is 2.63. The molecule has 5 nitrogen and oxygen atoms in total. The van der Waals surface area contributed by atoms with Gasteiger partial charge in [-0.25, -0.2) is 4.39 Å². The first-order valence-electron chi connectivity index (χ1n) is 9.01. The summed E-state index contributed by atoms with van der Waals surface area (Å²) in [6.07, 6.45) is 2.67. The molecule has 2 amide bonds. The molecular formula is C19H29ClFN3O2. The van der Waals surface area contributed by atoms with Gasteiger partial charge in [0.1, 0.15) is 5.82 Å². The lowest BCUT2D eigenvalue weighted by Crippen LogP contribution is -2.50. The Kier molecular flexibility index (Phi) is 8.50. The number of carbonyl (C=O) groups excluding carboxylic acids is 2. The molecule has 0 aliphatic carbocycles. The van der Waals surface area contributed by atoms with Crippen LogP contribution in [0.4, 0.5) is 10.1 Å². The maximum atomic E-state index is 13.2. The van der Waals surface area contributed by atoms with Gasteiger partial charge in [0.15, 0.2) is 0 Å². The smallest absolute Gasteiger partial charge is 0.230 e. The number of nitrogens with one attached hydrogen (secondary N) is 1. The van der Waals surface area contributed by atoms with E-state index in [0.717, 1.165) is 12.8 Å². The van der Waals surface area contributed by atoms with Crippen LogP contribution in [0.1, 0.15) is 39.5 Å². The molecule has 0 saturated carbocycles. The van der Waals surface area contributed by atoms with Gasteiger partial charge < -0.3 is 16.0 Å². The number of anilines is 1. The zero-order chi connectivity index (χ0) is 18.4. The Bertz CT molecular complexity index is 606. The largest absolute Gasteiger partial charge is 0.342 e. The third-order valence-electron chi connectivity index (χ3n) is 5.44. The van der Waals surface area contributed by atoms with E-state index < -0.39 is 5.41 Å². The van der Waals surface area contributed by atoms with Crippen LogP contribution in [0.25, 0.3) is 0 Å². The molecule has 146 valence electrons. The maximum absolute atomic E-state index is 13.2. The zero-order valence-electron chi connectivity index (χ0n) is 15.5. The molecule has 0 unspecified atom stereocenters. The number of benzene rings is 1. The van der Waals surface area contributed by atoms with Crippen molar-refractivity contribution in [3.63, 3.8) is 0 Å². The predicted molar refractivity (Wildman–Crippen MR) is 104 cm³/mol. The van der Waals surface area contributed by atoms with Crippen molar-refractivity contribution in [2.75, 3.05) is 25.0 Å². The van der Waals surface area contributed by atoms with Gasteiger partial charge in [0, 0.05) is 31.2 Å². The molecule has 1 aliphatic heterocycles. The fourth-order valence-electron chi connectivity index (χ4n) is 3.42. The van der Waals surface area contributed by atoms with Gasteiger partial charge in [-0.15, -0.1) is 12.4 Å². The SMILES string of the molecule is CCC(CC)(CN)C(=O)N1CCC(C(=O)Nc2cccc(F)c2)CC1.Cl. The molecule has 0 bridgehead atoms. The quantitative estimate of drug-likeness (QED) is 0.789. The standard InChI is InChI=1S/C19H28FN3O2.ClH/c1-3-19(4-2,13-21)18(25)23-10-8-14(9-11-23)17(24)22-16-7-5-6-15(20)12-16;/h5-7,12,14H,3-4,8-11,13,21H2,1-2H3,(H,22,24);1H. The minimum Gasteiger partial charge on any atom is -0.342 e. The van der Waals surface area contributed by atoms with E-state index in [4.69, 9.17) is 5.73 Å². The van der Waals surface area contributed by atoms with E-state index in [1.165, 1.54) is 12.1 Å². The summed E-state index contributed by atoms with van der Waals surface area (Å²) in [4.78, 5) is 27.0. The number of hydrogen-bond donors (Lipinski definition) is 2. The van der Waals surface area contributed by atoms with Crippen molar-refractivity contribution in [1.29, 1.82) is 0 Å². The fourth-order valence-corrected chi connectivity index (χ4v) is 3.42. The number of carbonyl (C=O) groups is 2. The van der Waals surface area contributed by atoms with E-state index in [2.05, 4.69) is 5.32 Å². The molecule has 26 heavy (non-hydrogen) atoms. The molecule has 0 radical (unpaired) electrons. The Morgan fingerprint density at radius 2 is 1.88 bits per heavy atom. The van der Waals surface area contributed by atoms with E-state index >= 15 is 0 Å². The number of amides is 2. The van der Waals surface area contributed by atoms with E-state index in [1.807, 2.05) is 18.7 Å². The van der Waals surface area contributed by atoms with Crippen LogP contribution in [-0.2, 0) is 9.59 Å². The van der Waals surface area contributed by atoms with Crippen molar-refractivity contribution in [3.05, 3.63) is 30.1 Å². The number of nitrogens with two attached hydrogens (primary N) is 1. The van der Waals surface area contributed by atoms with Gasteiger partial charge in [-0.2, -0.15) is 0 Å². The van der Waals surface area contributed by atoms with Crippen LogP contribution in [0.5, 0.6) is 0 Å². The van der Waals surface area contributed by atoms with Gasteiger partial charge in [-0.05, 0) is 43.9 Å². The third kappa shape index (κ3) is 4.95. The van der Waals surface area contributed by atoms with Crippen molar-refractivity contribution in [1.82, 2.24) is 4.90 Å². The van der Waals surface area contributed by atoms with Gasteiger partial charge in [0.25, 0.3) is 0 Å². The monoisotopic (exact) mass is 385 g/mol. The first-order valence-corrected chi connectivity index (χ1v) is 9.01.